The highest BCUT2D eigenvalue weighted by Gasteiger charge is 2.26. The molecule has 1 aromatic rings. The molecule has 0 heterocycles. The lowest BCUT2D eigenvalue weighted by Crippen LogP contribution is -2.33. The van der Waals surface area contributed by atoms with Crippen molar-refractivity contribution in [2.75, 3.05) is 7.11 Å². The number of hydrogen-bond acceptors (Lipinski definition) is 3. The Bertz CT molecular complexity index is 376. The van der Waals surface area contributed by atoms with Gasteiger partial charge < -0.3 is 15.3 Å². The van der Waals surface area contributed by atoms with Crippen LogP contribution in [0.25, 0.3) is 0 Å². The van der Waals surface area contributed by atoms with Crippen LogP contribution in [0.2, 0.25) is 0 Å². The summed E-state index contributed by atoms with van der Waals surface area (Å²) < 4.78 is 5.16. The zero-order valence-electron chi connectivity index (χ0n) is 8.77. The fraction of sp³-hybridized carbons (Fsp3) is 0.417. The van der Waals surface area contributed by atoms with Gasteiger partial charge in [0.05, 0.1) is 13.0 Å². The molecule has 2 rings (SSSR count). The van der Waals surface area contributed by atoms with Gasteiger partial charge in [-0.2, -0.15) is 0 Å². The number of fused-ring (bicyclic) bond motifs is 1. The van der Waals surface area contributed by atoms with E-state index in [1.54, 1.807) is 7.11 Å². The highest BCUT2D eigenvalue weighted by Crippen LogP contribution is 2.31. The number of ether oxygens (including phenoxy) is 1. The van der Waals surface area contributed by atoms with Crippen LogP contribution >= 0.6 is 0 Å². The second-order valence-corrected chi connectivity index (χ2v) is 3.93. The van der Waals surface area contributed by atoms with Gasteiger partial charge in [-0.25, -0.2) is 0 Å². The van der Waals surface area contributed by atoms with Crippen molar-refractivity contribution in [2.45, 2.75) is 24.8 Å². The molecule has 0 radical (unpaired) electrons. The summed E-state index contributed by atoms with van der Waals surface area (Å²) in [4.78, 5) is 11.0. The van der Waals surface area contributed by atoms with Crippen molar-refractivity contribution in [1.29, 1.82) is 0 Å². The first-order chi connectivity index (χ1) is 7.26. The van der Waals surface area contributed by atoms with E-state index in [-0.39, 0.29) is 12.0 Å². The second-order valence-electron chi connectivity index (χ2n) is 3.93. The molecular weight excluding hydrogens is 190 g/mol. The number of carbonyl (C=O) groups is 1. The molecule has 0 aromatic heterocycles. The van der Waals surface area contributed by atoms with Gasteiger partial charge in [-0.15, -0.1) is 0 Å². The van der Waals surface area contributed by atoms with Crippen LogP contribution in [-0.4, -0.2) is 19.4 Å². The maximum Gasteiger partial charge on any atom is 0.129 e. The summed E-state index contributed by atoms with van der Waals surface area (Å²) in [6.45, 7) is 0. The molecule has 3 nitrogen and oxygen atoms in total. The summed E-state index contributed by atoms with van der Waals surface area (Å²) in [6.07, 6.45) is 2.75. The predicted molar refractivity (Wildman–Crippen MR) is 58.1 cm³/mol. The molecule has 0 fully saturated rings. The molecule has 0 bridgehead atoms. The maximum atomic E-state index is 11.0. The van der Waals surface area contributed by atoms with Crippen molar-refractivity contribution in [2.24, 2.45) is 5.73 Å². The lowest BCUT2D eigenvalue weighted by atomic mass is 9.80. The molecule has 2 atom stereocenters. The van der Waals surface area contributed by atoms with Gasteiger partial charge in [0, 0.05) is 6.04 Å². The van der Waals surface area contributed by atoms with Gasteiger partial charge in [-0.1, -0.05) is 6.07 Å². The summed E-state index contributed by atoms with van der Waals surface area (Å²) in [5, 5.41) is 0. The van der Waals surface area contributed by atoms with E-state index in [1.807, 2.05) is 18.2 Å². The lowest BCUT2D eigenvalue weighted by molar-refractivity contribution is -0.109. The molecule has 0 aliphatic heterocycles. The smallest absolute Gasteiger partial charge is 0.129 e. The van der Waals surface area contributed by atoms with Crippen LogP contribution < -0.4 is 10.5 Å². The number of methoxy groups -OCH3 is 1. The predicted octanol–water partition coefficient (Wildman–Crippen LogP) is 1.25. The molecule has 15 heavy (non-hydrogen) atoms. The fourth-order valence-corrected chi connectivity index (χ4v) is 2.16. The Morgan fingerprint density at radius 3 is 3.00 bits per heavy atom. The molecule has 0 saturated carbocycles. The number of hydrogen-bond donors (Lipinski definition) is 1. The molecule has 1 aliphatic carbocycles. The molecule has 3 heteroatoms. The van der Waals surface area contributed by atoms with E-state index < -0.39 is 0 Å². The first-order valence-electron chi connectivity index (χ1n) is 5.14. The van der Waals surface area contributed by atoms with E-state index in [0.717, 1.165) is 30.4 Å². The van der Waals surface area contributed by atoms with Crippen LogP contribution in [0.3, 0.4) is 0 Å². The third kappa shape index (κ3) is 1.75. The minimum Gasteiger partial charge on any atom is -0.497 e. The molecule has 80 valence electrons. The van der Waals surface area contributed by atoms with E-state index in [0.29, 0.717) is 0 Å². The van der Waals surface area contributed by atoms with Crippen molar-refractivity contribution in [3.8, 4) is 5.75 Å². The van der Waals surface area contributed by atoms with Crippen LogP contribution in [0.4, 0.5) is 0 Å². The largest absolute Gasteiger partial charge is 0.497 e. The standard InChI is InChI=1S/C12H15NO2/c1-15-9-3-4-10-8(6-9)2-5-12(13)11(10)7-14/h3-4,6-7,11-12H,2,5,13H2,1H3. The average molecular weight is 205 g/mol. The number of carbonyl (C=O) groups excluding carboxylic acids is 1. The quantitative estimate of drug-likeness (QED) is 0.739. The first kappa shape index (κ1) is 10.2. The Morgan fingerprint density at radius 2 is 2.33 bits per heavy atom. The van der Waals surface area contributed by atoms with Gasteiger partial charge in [0.2, 0.25) is 0 Å². The number of nitrogens with two attached hydrogens (primary N) is 1. The Balaban J connectivity index is 2.42. The minimum absolute atomic E-state index is 0.0385. The van der Waals surface area contributed by atoms with Crippen molar-refractivity contribution in [3.63, 3.8) is 0 Å². The molecule has 0 amide bonds. The van der Waals surface area contributed by atoms with E-state index in [1.165, 1.54) is 5.56 Å². The number of rotatable bonds is 2. The van der Waals surface area contributed by atoms with Gasteiger partial charge in [-0.3, -0.25) is 0 Å². The monoisotopic (exact) mass is 205 g/mol. The van der Waals surface area contributed by atoms with Crippen molar-refractivity contribution in [3.05, 3.63) is 29.3 Å². The number of aldehydes is 1. The third-order valence-corrected chi connectivity index (χ3v) is 3.06. The van der Waals surface area contributed by atoms with Gasteiger partial charge in [-0.05, 0) is 36.1 Å². The molecule has 2 N–H and O–H groups in total. The van der Waals surface area contributed by atoms with Gasteiger partial charge in [0.1, 0.15) is 12.0 Å². The molecule has 1 aromatic carbocycles. The minimum atomic E-state index is -0.153. The van der Waals surface area contributed by atoms with Crippen molar-refractivity contribution < 1.29 is 9.53 Å². The van der Waals surface area contributed by atoms with E-state index >= 15 is 0 Å². The van der Waals surface area contributed by atoms with E-state index in [4.69, 9.17) is 10.5 Å². The molecular formula is C12H15NO2. The van der Waals surface area contributed by atoms with Gasteiger partial charge >= 0.3 is 0 Å². The molecule has 2 unspecified atom stereocenters. The maximum absolute atomic E-state index is 11.0. The van der Waals surface area contributed by atoms with Crippen molar-refractivity contribution >= 4 is 6.29 Å². The normalized spacial score (nSPS) is 24.4. The Kier molecular flexibility index (Phi) is 2.73. The Morgan fingerprint density at radius 1 is 1.53 bits per heavy atom. The average Bonchev–Trinajstić information content (AvgIpc) is 2.28. The van der Waals surface area contributed by atoms with Gasteiger partial charge in [0.15, 0.2) is 0 Å². The SMILES string of the molecule is COc1ccc2c(c1)CCC(N)C2C=O. The number of benzene rings is 1. The summed E-state index contributed by atoms with van der Waals surface area (Å²) >= 11 is 0. The van der Waals surface area contributed by atoms with Gasteiger partial charge in [0.25, 0.3) is 0 Å². The third-order valence-electron chi connectivity index (χ3n) is 3.06. The summed E-state index contributed by atoms with van der Waals surface area (Å²) in [5.74, 6) is 0.688. The molecule has 0 spiro atoms. The molecule has 1 aliphatic rings. The van der Waals surface area contributed by atoms with Crippen LogP contribution in [-0.2, 0) is 11.2 Å². The summed E-state index contributed by atoms with van der Waals surface area (Å²) in [6, 6.07) is 5.79. The second kappa shape index (κ2) is 4.03. The Hall–Kier alpha value is -1.35. The van der Waals surface area contributed by atoms with Crippen LogP contribution in [0.1, 0.15) is 23.5 Å². The topological polar surface area (TPSA) is 52.3 Å². The number of aryl methyl sites for hydroxylation is 1. The van der Waals surface area contributed by atoms with E-state index in [9.17, 15) is 4.79 Å². The zero-order valence-corrected chi connectivity index (χ0v) is 8.77. The Labute approximate surface area is 89.2 Å². The summed E-state index contributed by atoms with van der Waals surface area (Å²) in [7, 11) is 1.65. The highest BCUT2D eigenvalue weighted by atomic mass is 16.5. The van der Waals surface area contributed by atoms with Crippen LogP contribution in [0, 0.1) is 0 Å². The van der Waals surface area contributed by atoms with E-state index in [2.05, 4.69) is 0 Å². The molecule has 0 saturated heterocycles. The van der Waals surface area contributed by atoms with Crippen LogP contribution in [0.5, 0.6) is 5.75 Å². The van der Waals surface area contributed by atoms with Crippen LogP contribution in [0.15, 0.2) is 18.2 Å². The fourth-order valence-electron chi connectivity index (χ4n) is 2.16. The zero-order chi connectivity index (χ0) is 10.8. The first-order valence-corrected chi connectivity index (χ1v) is 5.14. The highest BCUT2D eigenvalue weighted by molar-refractivity contribution is 5.66. The summed E-state index contributed by atoms with van der Waals surface area (Å²) in [5.41, 5.74) is 8.16. The lowest BCUT2D eigenvalue weighted by Gasteiger charge is -2.27. The van der Waals surface area contributed by atoms with Crippen molar-refractivity contribution in [1.82, 2.24) is 0 Å².